The number of nitrogens with zero attached hydrogens (tertiary/aromatic N) is 3. The molecule has 0 aliphatic heterocycles. The lowest BCUT2D eigenvalue weighted by Gasteiger charge is -2.05. The minimum atomic E-state index is -3.71. The second-order valence-corrected chi connectivity index (χ2v) is 5.99. The Balaban J connectivity index is 2.23. The van der Waals surface area contributed by atoms with Crippen LogP contribution in [0.5, 0.6) is 0 Å². The highest BCUT2D eigenvalue weighted by Gasteiger charge is 2.18. The highest BCUT2D eigenvalue weighted by Crippen LogP contribution is 2.14. The van der Waals surface area contributed by atoms with Crippen LogP contribution in [0.15, 0.2) is 17.2 Å². The van der Waals surface area contributed by atoms with Gasteiger partial charge in [-0.1, -0.05) is 0 Å². The highest BCUT2D eigenvalue weighted by atomic mass is 32.2. The van der Waals surface area contributed by atoms with Crippen LogP contribution in [0.3, 0.4) is 0 Å². The fourth-order valence-electron chi connectivity index (χ4n) is 1.55. The van der Waals surface area contributed by atoms with Gasteiger partial charge in [-0.05, 0) is 27.0 Å². The van der Waals surface area contributed by atoms with Crippen LogP contribution in [-0.2, 0) is 16.6 Å². The van der Waals surface area contributed by atoms with E-state index in [1.807, 2.05) is 0 Å². The van der Waals surface area contributed by atoms with Gasteiger partial charge in [0.15, 0.2) is 0 Å². The Bertz CT molecular complexity index is 709. The Labute approximate surface area is 117 Å². The summed E-state index contributed by atoms with van der Waals surface area (Å²) in [7, 11) is -1.93. The van der Waals surface area contributed by atoms with Crippen molar-refractivity contribution in [2.45, 2.75) is 25.3 Å². The molecule has 0 spiro atoms. The number of rotatable bonds is 5. The average Bonchev–Trinajstić information content (AvgIpc) is 2.83. The third-order valence-electron chi connectivity index (χ3n) is 2.71. The molecule has 0 aliphatic carbocycles. The van der Waals surface area contributed by atoms with Crippen molar-refractivity contribution in [2.75, 3.05) is 11.8 Å². The molecule has 2 aromatic rings. The third-order valence-corrected chi connectivity index (χ3v) is 4.02. The molecule has 2 aromatic heterocycles. The molecule has 9 heteroatoms. The van der Waals surface area contributed by atoms with E-state index in [4.69, 9.17) is 0 Å². The summed E-state index contributed by atoms with van der Waals surface area (Å²) in [5.41, 5.74) is 2.06. The largest absolute Gasteiger partial charge is 0.363 e. The van der Waals surface area contributed by atoms with Crippen molar-refractivity contribution in [1.29, 1.82) is 0 Å². The predicted octanol–water partition coefficient (Wildman–Crippen LogP) is 0.337. The summed E-state index contributed by atoms with van der Waals surface area (Å²) in [6.07, 6.45) is 1.42. The van der Waals surface area contributed by atoms with Crippen molar-refractivity contribution in [1.82, 2.24) is 25.5 Å². The van der Waals surface area contributed by atoms with E-state index in [1.54, 1.807) is 27.0 Å². The molecule has 0 saturated carbocycles. The molecule has 0 bridgehead atoms. The van der Waals surface area contributed by atoms with Gasteiger partial charge < -0.3 is 10.3 Å². The maximum Gasteiger partial charge on any atom is 0.265 e. The van der Waals surface area contributed by atoms with Crippen molar-refractivity contribution in [3.05, 3.63) is 29.3 Å². The smallest absolute Gasteiger partial charge is 0.265 e. The normalized spacial score (nSPS) is 11.6. The van der Waals surface area contributed by atoms with Crippen LogP contribution in [-0.4, -0.2) is 35.6 Å². The van der Waals surface area contributed by atoms with Gasteiger partial charge in [-0.25, -0.2) is 18.1 Å². The maximum absolute atomic E-state index is 12.2. The van der Waals surface area contributed by atoms with Gasteiger partial charge in [0.2, 0.25) is 0 Å². The molecule has 0 radical (unpaired) electrons. The summed E-state index contributed by atoms with van der Waals surface area (Å²) in [6, 6.07) is 1.55. The molecular formula is C11H16N6O2S. The second-order valence-electron chi connectivity index (χ2n) is 4.30. The number of aromatic amines is 1. The summed E-state index contributed by atoms with van der Waals surface area (Å²) >= 11 is 0. The second kappa shape index (κ2) is 5.55. The van der Waals surface area contributed by atoms with Crippen molar-refractivity contribution < 1.29 is 8.42 Å². The molecule has 2 heterocycles. The Kier molecular flexibility index (Phi) is 4.00. The molecule has 0 aliphatic rings. The van der Waals surface area contributed by atoms with Crippen LogP contribution in [0.1, 0.15) is 17.1 Å². The monoisotopic (exact) mass is 296 g/mol. The van der Waals surface area contributed by atoms with Crippen LogP contribution < -0.4 is 10.0 Å². The highest BCUT2D eigenvalue weighted by molar-refractivity contribution is 7.92. The van der Waals surface area contributed by atoms with E-state index >= 15 is 0 Å². The Hall–Kier alpha value is -2.00. The number of aromatic nitrogens is 4. The zero-order chi connectivity index (χ0) is 14.8. The first-order valence-corrected chi connectivity index (χ1v) is 7.43. The molecular weight excluding hydrogens is 280 g/mol. The molecule has 3 N–H and O–H groups in total. The number of nitrogens with one attached hydrogen (secondary N) is 3. The van der Waals surface area contributed by atoms with E-state index in [0.717, 1.165) is 5.69 Å². The summed E-state index contributed by atoms with van der Waals surface area (Å²) < 4.78 is 26.6. The summed E-state index contributed by atoms with van der Waals surface area (Å²) in [5, 5.41) is 10.5. The quantitative estimate of drug-likeness (QED) is 0.733. The lowest BCUT2D eigenvalue weighted by Crippen LogP contribution is -2.15. The Morgan fingerprint density at radius 2 is 2.00 bits per heavy atom. The van der Waals surface area contributed by atoms with Crippen molar-refractivity contribution in [3.63, 3.8) is 0 Å². The van der Waals surface area contributed by atoms with Gasteiger partial charge in [0.1, 0.15) is 4.90 Å². The van der Waals surface area contributed by atoms with Gasteiger partial charge in [0.25, 0.3) is 16.0 Å². The van der Waals surface area contributed by atoms with Crippen molar-refractivity contribution >= 4 is 16.0 Å². The van der Waals surface area contributed by atoms with Gasteiger partial charge >= 0.3 is 0 Å². The predicted molar refractivity (Wildman–Crippen MR) is 73.7 cm³/mol. The molecule has 0 saturated heterocycles. The molecule has 0 unspecified atom stereocenters. The molecule has 108 valence electrons. The first kappa shape index (κ1) is 14.4. The van der Waals surface area contributed by atoms with Crippen molar-refractivity contribution in [2.24, 2.45) is 0 Å². The zero-order valence-corrected chi connectivity index (χ0v) is 12.2. The minimum absolute atomic E-state index is 0.0375. The first-order chi connectivity index (χ1) is 9.42. The Morgan fingerprint density at radius 3 is 2.65 bits per heavy atom. The van der Waals surface area contributed by atoms with Crippen molar-refractivity contribution in [3.8, 4) is 0 Å². The molecule has 0 aromatic carbocycles. The van der Waals surface area contributed by atoms with Gasteiger partial charge in [0.05, 0.1) is 11.4 Å². The van der Waals surface area contributed by atoms with Crippen LogP contribution in [0.25, 0.3) is 0 Å². The van der Waals surface area contributed by atoms with Gasteiger partial charge in [-0.3, -0.25) is 0 Å². The van der Waals surface area contributed by atoms with E-state index in [-0.39, 0.29) is 10.8 Å². The lowest BCUT2D eigenvalue weighted by molar-refractivity contribution is 0.600. The molecule has 0 fully saturated rings. The average molecular weight is 296 g/mol. The van der Waals surface area contributed by atoms with E-state index in [0.29, 0.717) is 17.9 Å². The first-order valence-electron chi connectivity index (χ1n) is 5.95. The van der Waals surface area contributed by atoms with Crippen LogP contribution in [0.4, 0.5) is 5.95 Å². The van der Waals surface area contributed by atoms with Crippen LogP contribution >= 0.6 is 0 Å². The fraction of sp³-hybridized carbons (Fsp3) is 0.364. The third kappa shape index (κ3) is 3.11. The summed E-state index contributed by atoms with van der Waals surface area (Å²) in [6.45, 7) is 4.05. The number of aryl methyl sites for hydroxylation is 2. The molecule has 0 atom stereocenters. The zero-order valence-electron chi connectivity index (χ0n) is 11.4. The lowest BCUT2D eigenvalue weighted by atomic mass is 10.4. The van der Waals surface area contributed by atoms with Crippen LogP contribution in [0.2, 0.25) is 0 Å². The summed E-state index contributed by atoms with van der Waals surface area (Å²) in [4.78, 5) is 7.05. The minimum Gasteiger partial charge on any atom is -0.363 e. The summed E-state index contributed by atoms with van der Waals surface area (Å²) in [5.74, 6) is -0.0375. The Morgan fingerprint density at radius 1 is 1.25 bits per heavy atom. The van der Waals surface area contributed by atoms with E-state index in [9.17, 15) is 8.42 Å². The number of sulfonamides is 1. The molecule has 20 heavy (non-hydrogen) atoms. The van der Waals surface area contributed by atoms with E-state index in [2.05, 4.69) is 30.2 Å². The van der Waals surface area contributed by atoms with Gasteiger partial charge in [-0.15, -0.1) is 5.10 Å². The van der Waals surface area contributed by atoms with Gasteiger partial charge in [-0.2, -0.15) is 5.10 Å². The number of hydrogen-bond acceptors (Lipinski definition) is 6. The standard InChI is InChI=1S/C11H16N6O2S/c1-7-8(2)15-16-11(14-7)17-20(18,19)10-4-9(5-12-3)13-6-10/h4,6,12-13H,5H2,1-3H3,(H,14,16,17). The maximum atomic E-state index is 12.2. The number of hydrogen-bond donors (Lipinski definition) is 3. The molecule has 8 nitrogen and oxygen atoms in total. The number of anilines is 1. The van der Waals surface area contributed by atoms with E-state index < -0.39 is 10.0 Å². The number of H-pyrrole nitrogens is 1. The topological polar surface area (TPSA) is 113 Å². The molecule has 0 amide bonds. The van der Waals surface area contributed by atoms with Crippen LogP contribution in [0, 0.1) is 13.8 Å². The molecule has 2 rings (SSSR count). The van der Waals surface area contributed by atoms with Gasteiger partial charge in [0, 0.05) is 18.4 Å². The van der Waals surface area contributed by atoms with E-state index in [1.165, 1.54) is 6.20 Å². The SMILES string of the molecule is CNCc1cc(S(=O)(=O)Nc2nnc(C)c(C)n2)c[nH]1. The fourth-order valence-corrected chi connectivity index (χ4v) is 2.50.